The molecule has 0 saturated carbocycles. The fourth-order valence-corrected chi connectivity index (χ4v) is 5.18. The standard InChI is InChI=1S/C32H40N2O7S/c1-32(2,3)41-30(35)10-8-6-4-5-7-9-24-11-13-25(14-12-24)21-22-40-27-16-18-28(19-17-27)42(38,39)34-29-20-15-26(23-33-29)31(36)37/h11-20,23H,4-10,21-22H2,1-3H3,(H,33,34)(H,36,37). The van der Waals surface area contributed by atoms with E-state index in [1.807, 2.05) is 20.8 Å². The largest absolute Gasteiger partial charge is 0.493 e. The maximum Gasteiger partial charge on any atom is 0.337 e. The molecule has 0 atom stereocenters. The minimum absolute atomic E-state index is 0.0264. The Balaban J connectivity index is 1.33. The van der Waals surface area contributed by atoms with Gasteiger partial charge in [-0.05, 0) is 87.6 Å². The molecule has 1 aromatic heterocycles. The van der Waals surface area contributed by atoms with Crippen molar-refractivity contribution in [2.45, 2.75) is 82.6 Å². The number of rotatable bonds is 16. The molecule has 0 unspecified atom stereocenters. The van der Waals surface area contributed by atoms with Gasteiger partial charge in [-0.3, -0.25) is 9.52 Å². The Hall–Kier alpha value is -3.92. The second-order valence-corrected chi connectivity index (χ2v) is 12.8. The van der Waals surface area contributed by atoms with Gasteiger partial charge in [0.25, 0.3) is 10.0 Å². The molecule has 0 aliphatic rings. The van der Waals surface area contributed by atoms with Crippen molar-refractivity contribution in [3.05, 3.63) is 83.6 Å². The van der Waals surface area contributed by atoms with Crippen LogP contribution in [0.1, 0.15) is 80.8 Å². The van der Waals surface area contributed by atoms with E-state index >= 15 is 0 Å². The minimum Gasteiger partial charge on any atom is -0.493 e. The number of carboxylic acids is 1. The number of carbonyl (C=O) groups is 2. The zero-order valence-corrected chi connectivity index (χ0v) is 25.3. The molecule has 42 heavy (non-hydrogen) atoms. The van der Waals surface area contributed by atoms with Crippen LogP contribution in [0.5, 0.6) is 5.75 Å². The molecule has 9 nitrogen and oxygen atoms in total. The number of ether oxygens (including phenoxy) is 2. The molecule has 0 aliphatic carbocycles. The number of carboxylic acid groups (broad SMARTS) is 1. The molecule has 0 bridgehead atoms. The quantitative estimate of drug-likeness (QED) is 0.143. The lowest BCUT2D eigenvalue weighted by Crippen LogP contribution is -2.23. The third-order valence-electron chi connectivity index (χ3n) is 6.33. The summed E-state index contributed by atoms with van der Waals surface area (Å²) in [6, 6.07) is 17.2. The minimum atomic E-state index is -3.88. The van der Waals surface area contributed by atoms with Crippen molar-refractivity contribution in [2.24, 2.45) is 0 Å². The van der Waals surface area contributed by atoms with Gasteiger partial charge in [-0.25, -0.2) is 18.2 Å². The number of aryl methyl sites for hydroxylation is 1. The SMILES string of the molecule is CC(C)(C)OC(=O)CCCCCCCc1ccc(CCOc2ccc(S(=O)(=O)Nc3ccc(C(=O)O)cn3)cc2)cc1. The van der Waals surface area contributed by atoms with Crippen molar-refractivity contribution in [3.63, 3.8) is 0 Å². The van der Waals surface area contributed by atoms with Gasteiger partial charge >= 0.3 is 11.9 Å². The van der Waals surface area contributed by atoms with Crippen LogP contribution in [0.2, 0.25) is 0 Å². The summed E-state index contributed by atoms with van der Waals surface area (Å²) in [6.07, 6.45) is 8.59. The number of nitrogens with one attached hydrogen (secondary N) is 1. The maximum atomic E-state index is 12.6. The van der Waals surface area contributed by atoms with E-state index in [0.717, 1.165) is 56.7 Å². The predicted octanol–water partition coefficient (Wildman–Crippen LogP) is 6.43. The molecule has 226 valence electrons. The first-order valence-corrected chi connectivity index (χ1v) is 15.6. The number of carbonyl (C=O) groups excluding carboxylic acids is 1. The van der Waals surface area contributed by atoms with Gasteiger partial charge in [0.2, 0.25) is 0 Å². The van der Waals surface area contributed by atoms with E-state index in [1.165, 1.54) is 29.8 Å². The van der Waals surface area contributed by atoms with E-state index in [9.17, 15) is 18.0 Å². The lowest BCUT2D eigenvalue weighted by atomic mass is 10.0. The number of nitrogens with zero attached hydrogens (tertiary/aromatic N) is 1. The van der Waals surface area contributed by atoms with E-state index in [2.05, 4.69) is 34.0 Å². The Morgan fingerprint density at radius 3 is 2.05 bits per heavy atom. The van der Waals surface area contributed by atoms with Crippen molar-refractivity contribution in [3.8, 4) is 5.75 Å². The van der Waals surface area contributed by atoms with Crippen LogP contribution in [0.25, 0.3) is 0 Å². The second kappa shape index (κ2) is 15.3. The zero-order valence-electron chi connectivity index (χ0n) is 24.5. The van der Waals surface area contributed by atoms with Crippen molar-refractivity contribution in [2.75, 3.05) is 11.3 Å². The molecular formula is C32H40N2O7S. The first kappa shape index (κ1) is 32.6. The molecule has 0 saturated heterocycles. The summed E-state index contributed by atoms with van der Waals surface area (Å²) in [5, 5.41) is 8.94. The summed E-state index contributed by atoms with van der Waals surface area (Å²) in [4.78, 5) is 26.5. The van der Waals surface area contributed by atoms with Crippen molar-refractivity contribution in [1.29, 1.82) is 0 Å². The van der Waals surface area contributed by atoms with Crippen LogP contribution in [0.4, 0.5) is 5.82 Å². The van der Waals surface area contributed by atoms with Crippen LogP contribution in [-0.4, -0.2) is 42.7 Å². The molecule has 0 radical (unpaired) electrons. The fourth-order valence-electron chi connectivity index (χ4n) is 4.17. The van der Waals surface area contributed by atoms with Gasteiger partial charge in [0.15, 0.2) is 0 Å². The average molecular weight is 597 g/mol. The van der Waals surface area contributed by atoms with Crippen LogP contribution in [0.15, 0.2) is 71.8 Å². The Kier molecular flexibility index (Phi) is 11.9. The number of unbranched alkanes of at least 4 members (excludes halogenated alkanes) is 4. The van der Waals surface area contributed by atoms with Gasteiger partial charge in [-0.15, -0.1) is 0 Å². The van der Waals surface area contributed by atoms with Crippen LogP contribution in [-0.2, 0) is 32.4 Å². The van der Waals surface area contributed by atoms with Crippen molar-refractivity contribution in [1.82, 2.24) is 4.98 Å². The number of pyridine rings is 1. The van der Waals surface area contributed by atoms with Crippen LogP contribution >= 0.6 is 0 Å². The predicted molar refractivity (Wildman–Crippen MR) is 161 cm³/mol. The molecular weight excluding hydrogens is 556 g/mol. The number of anilines is 1. The summed E-state index contributed by atoms with van der Waals surface area (Å²) in [5.74, 6) is -0.677. The molecule has 0 aliphatic heterocycles. The van der Waals surface area contributed by atoms with Gasteiger partial charge in [0.05, 0.1) is 17.1 Å². The van der Waals surface area contributed by atoms with Gasteiger partial charge < -0.3 is 14.6 Å². The molecule has 10 heteroatoms. The average Bonchev–Trinajstić information content (AvgIpc) is 2.93. The summed E-state index contributed by atoms with van der Waals surface area (Å²) < 4.78 is 38.7. The van der Waals surface area contributed by atoms with Crippen molar-refractivity contribution < 1.29 is 32.6 Å². The van der Waals surface area contributed by atoms with Gasteiger partial charge in [-0.1, -0.05) is 43.5 Å². The third-order valence-corrected chi connectivity index (χ3v) is 7.70. The Morgan fingerprint density at radius 1 is 0.833 bits per heavy atom. The summed E-state index contributed by atoms with van der Waals surface area (Å²) in [7, 11) is -3.88. The monoisotopic (exact) mass is 596 g/mol. The first-order valence-electron chi connectivity index (χ1n) is 14.2. The highest BCUT2D eigenvalue weighted by atomic mass is 32.2. The Labute approximate surface area is 248 Å². The van der Waals surface area contributed by atoms with E-state index in [4.69, 9.17) is 14.6 Å². The topological polar surface area (TPSA) is 132 Å². The Bertz CT molecular complexity index is 1400. The van der Waals surface area contributed by atoms with Crippen LogP contribution in [0, 0.1) is 0 Å². The smallest absolute Gasteiger partial charge is 0.337 e. The molecule has 2 N–H and O–H groups in total. The Morgan fingerprint density at radius 2 is 1.45 bits per heavy atom. The van der Waals surface area contributed by atoms with Gasteiger partial charge in [0, 0.05) is 19.0 Å². The van der Waals surface area contributed by atoms with E-state index < -0.39 is 21.6 Å². The number of benzene rings is 2. The van der Waals surface area contributed by atoms with Crippen LogP contribution in [0.3, 0.4) is 0 Å². The number of aromatic carboxylic acids is 1. The number of hydrogen-bond donors (Lipinski definition) is 2. The number of sulfonamides is 1. The van der Waals surface area contributed by atoms with E-state index in [1.54, 1.807) is 12.1 Å². The number of aromatic nitrogens is 1. The molecule has 3 aromatic rings. The summed E-state index contributed by atoms with van der Waals surface area (Å²) >= 11 is 0. The molecule has 1 heterocycles. The van der Waals surface area contributed by atoms with E-state index in [-0.39, 0.29) is 22.2 Å². The number of hydrogen-bond acceptors (Lipinski definition) is 7. The van der Waals surface area contributed by atoms with Gasteiger partial charge in [0.1, 0.15) is 17.2 Å². The fraction of sp³-hybridized carbons (Fsp3) is 0.406. The molecule has 0 spiro atoms. The summed E-state index contributed by atoms with van der Waals surface area (Å²) in [6.45, 7) is 6.11. The molecule has 2 aromatic carbocycles. The van der Waals surface area contributed by atoms with Gasteiger partial charge in [-0.2, -0.15) is 0 Å². The molecule has 0 fully saturated rings. The second-order valence-electron chi connectivity index (χ2n) is 11.1. The number of esters is 1. The molecule has 3 rings (SSSR count). The van der Waals surface area contributed by atoms with Crippen molar-refractivity contribution >= 4 is 27.8 Å². The third kappa shape index (κ3) is 11.5. The van der Waals surface area contributed by atoms with E-state index in [0.29, 0.717) is 18.8 Å². The van der Waals surface area contributed by atoms with Crippen LogP contribution < -0.4 is 9.46 Å². The normalized spacial score (nSPS) is 11.6. The lowest BCUT2D eigenvalue weighted by Gasteiger charge is -2.19. The first-order chi connectivity index (χ1) is 19.9. The highest BCUT2D eigenvalue weighted by Gasteiger charge is 2.16. The maximum absolute atomic E-state index is 12.6. The highest BCUT2D eigenvalue weighted by Crippen LogP contribution is 2.19. The summed E-state index contributed by atoms with van der Waals surface area (Å²) in [5.41, 5.74) is 2.00. The lowest BCUT2D eigenvalue weighted by molar-refractivity contribution is -0.154. The highest BCUT2D eigenvalue weighted by molar-refractivity contribution is 7.92. The molecule has 0 amide bonds. The zero-order chi connectivity index (χ0) is 30.6.